The van der Waals surface area contributed by atoms with Crippen molar-refractivity contribution in [3.05, 3.63) is 189 Å². The average molecular weight is 1360 g/mol. The van der Waals surface area contributed by atoms with E-state index in [1.165, 1.54) is 155 Å². The van der Waals surface area contributed by atoms with Gasteiger partial charge in [-0.05, 0) is 470 Å². The fourth-order valence-electron chi connectivity index (χ4n) is 22.2. The Hall–Kier alpha value is -4.94. The molecule has 2 fully saturated rings. The van der Waals surface area contributed by atoms with Crippen LogP contribution in [0, 0.1) is 225 Å². The number of allylic oxidation sites excluding steroid dienone is 4. The summed E-state index contributed by atoms with van der Waals surface area (Å²) in [6.07, 6.45) is 0. The number of hydrogen-bond donors (Lipinski definition) is 0. The molecule has 0 aliphatic heterocycles. The standard InChI is InChI=1S/C20H28.2C18H26.C16H30.2C14H22/c1-10(2)18-15(7)16(8)19-13(5)11(3)12(4)14(6)20(19)17(18)9;1-9(2)16-13(6)14(7)17-11(4)10(3)12(5)18(17)15(16)8;1-9(2)16-14(7)17-12(5)10(3)11(4)13(6)18(17)15(16)8;1-8(2)14-12(6)15-10(4)9(3)11(5)16(15)13(14)7;2*1-8(2)14-12(6)10(4)9(3)11(5)13(14)7/h10H,1-9H3;9,12H,1-8H3;9,14H,1-8H3;8-16H,1-7H3;2*8H,1-7H3. The third-order valence-electron chi connectivity index (χ3n) is 29.3. The van der Waals surface area contributed by atoms with Crippen LogP contribution in [0.5, 0.6) is 0 Å². The van der Waals surface area contributed by atoms with E-state index in [9.17, 15) is 0 Å². The van der Waals surface area contributed by atoms with Crippen molar-refractivity contribution in [3.8, 4) is 0 Å². The summed E-state index contributed by atoms with van der Waals surface area (Å²) in [5.74, 6) is 12.9. The van der Waals surface area contributed by atoms with Crippen LogP contribution in [0.2, 0.25) is 0 Å². The van der Waals surface area contributed by atoms with E-state index in [1.54, 1.807) is 55.7 Å². The molecule has 8 atom stereocenters. The van der Waals surface area contributed by atoms with Crippen LogP contribution in [0.4, 0.5) is 0 Å². The van der Waals surface area contributed by atoms with Gasteiger partial charge < -0.3 is 0 Å². The number of fused-ring (bicyclic) bond motifs is 4. The van der Waals surface area contributed by atoms with Crippen LogP contribution >= 0.6 is 0 Å². The van der Waals surface area contributed by atoms with Crippen LogP contribution in [-0.2, 0) is 0 Å². The zero-order valence-corrected chi connectivity index (χ0v) is 74.2. The van der Waals surface area contributed by atoms with Crippen LogP contribution in [0.15, 0.2) is 11.1 Å². The van der Waals surface area contributed by atoms with E-state index in [0.717, 1.165) is 53.3 Å². The van der Waals surface area contributed by atoms with Gasteiger partial charge in [0.05, 0.1) is 0 Å². The predicted octanol–water partition coefficient (Wildman–Crippen LogP) is 30.6. The molecule has 0 saturated heterocycles. The summed E-state index contributed by atoms with van der Waals surface area (Å²) in [5, 5.41) is 2.99. The van der Waals surface area contributed by atoms with Crippen molar-refractivity contribution in [1.82, 2.24) is 0 Å². The molecule has 100 heavy (non-hydrogen) atoms. The van der Waals surface area contributed by atoms with Crippen molar-refractivity contribution in [2.45, 2.75) is 354 Å². The first-order valence-corrected chi connectivity index (χ1v) is 40.2. The van der Waals surface area contributed by atoms with Crippen molar-refractivity contribution in [2.75, 3.05) is 0 Å². The summed E-state index contributed by atoms with van der Waals surface area (Å²) in [5.41, 5.74) is 54.2. The van der Waals surface area contributed by atoms with Gasteiger partial charge in [-0.2, -0.15) is 0 Å². The molecular formula is C100H154. The first kappa shape index (κ1) is 85.7. The SMILES string of the molecule is CC(C)C1C(C)C2C(C)C(C)C(C)C2C1C.CC1=C(C(C)C)C(C)c2c(C)c(C)c(C)c(C)c21.CC1=C(C)C(C)c2c(C)c(C(C)C)c(C)c(C)c21.Cc1c(C)c(C)c(C(C)C)c(C)c1C.Cc1c(C)c(C)c(C(C)C)c(C)c1C.Cc1c(C)c(C)c2c(C)c(C(C)C)c(C)c(C)c2c1C. The van der Waals surface area contributed by atoms with E-state index in [4.69, 9.17) is 0 Å². The van der Waals surface area contributed by atoms with E-state index in [2.05, 4.69) is 318 Å². The highest BCUT2D eigenvalue weighted by atomic mass is 14.6. The lowest BCUT2D eigenvalue weighted by Gasteiger charge is -2.31. The highest BCUT2D eigenvalue weighted by Gasteiger charge is 2.56. The molecule has 8 unspecified atom stereocenters. The molecule has 0 heteroatoms. The van der Waals surface area contributed by atoms with Gasteiger partial charge in [0.1, 0.15) is 0 Å². The van der Waals surface area contributed by atoms with E-state index in [-0.39, 0.29) is 0 Å². The minimum absolute atomic E-state index is 0.583. The fraction of sp³-hybridized carbons (Fsp3) is 0.620. The van der Waals surface area contributed by atoms with E-state index in [1.807, 2.05) is 0 Å². The van der Waals surface area contributed by atoms with Crippen LogP contribution in [-0.4, -0.2) is 0 Å². The minimum Gasteiger partial charge on any atom is -0.0625 e. The molecular weight excluding hydrogens is 1200 g/mol. The Bertz CT molecular complexity index is 3940. The van der Waals surface area contributed by atoms with E-state index >= 15 is 0 Å². The van der Waals surface area contributed by atoms with Gasteiger partial charge in [0.2, 0.25) is 0 Å². The molecule has 0 heterocycles. The zero-order valence-electron chi connectivity index (χ0n) is 74.2. The molecule has 0 aromatic heterocycles. The van der Waals surface area contributed by atoms with Gasteiger partial charge in [0.25, 0.3) is 0 Å². The Morgan fingerprint density at radius 1 is 0.210 bits per heavy atom. The predicted molar refractivity (Wildman–Crippen MR) is 453 cm³/mol. The van der Waals surface area contributed by atoms with Crippen LogP contribution in [0.25, 0.3) is 21.9 Å². The highest BCUT2D eigenvalue weighted by Crippen LogP contribution is 2.62. The summed E-state index contributed by atoms with van der Waals surface area (Å²) in [6.45, 7) is 107. The van der Waals surface area contributed by atoms with Gasteiger partial charge in [-0.1, -0.05) is 143 Å². The molecule has 6 aromatic carbocycles. The monoisotopic (exact) mass is 1360 g/mol. The third kappa shape index (κ3) is 15.3. The lowest BCUT2D eigenvalue weighted by molar-refractivity contribution is 0.178. The molecule has 0 spiro atoms. The van der Waals surface area contributed by atoms with Crippen molar-refractivity contribution >= 4 is 21.9 Å². The molecule has 0 N–H and O–H groups in total. The molecule has 4 aliphatic carbocycles. The zero-order chi connectivity index (χ0) is 77.2. The average Bonchev–Trinajstić information content (AvgIpc) is 1.43. The second-order valence-electron chi connectivity index (χ2n) is 35.9. The molecule has 554 valence electrons. The van der Waals surface area contributed by atoms with Crippen molar-refractivity contribution < 1.29 is 0 Å². The van der Waals surface area contributed by atoms with Crippen molar-refractivity contribution in [1.29, 1.82) is 0 Å². The lowest BCUT2D eigenvalue weighted by atomic mass is 9.75. The molecule has 0 bridgehead atoms. The Balaban J connectivity index is 0.000000217. The number of benzene rings is 6. The number of hydrogen-bond acceptors (Lipinski definition) is 0. The van der Waals surface area contributed by atoms with Crippen LogP contribution < -0.4 is 0 Å². The maximum Gasteiger partial charge on any atom is 0.00371 e. The van der Waals surface area contributed by atoms with Crippen molar-refractivity contribution in [2.24, 2.45) is 59.2 Å². The third-order valence-corrected chi connectivity index (χ3v) is 29.3. The maximum atomic E-state index is 2.53. The smallest absolute Gasteiger partial charge is 0.00371 e. The van der Waals surface area contributed by atoms with Crippen LogP contribution in [0.3, 0.4) is 0 Å². The summed E-state index contributed by atoms with van der Waals surface area (Å²) in [7, 11) is 0. The minimum atomic E-state index is 0.583. The Kier molecular flexibility index (Phi) is 28.3. The topological polar surface area (TPSA) is 0 Å². The lowest BCUT2D eigenvalue weighted by Crippen LogP contribution is -2.25. The summed E-state index contributed by atoms with van der Waals surface area (Å²) < 4.78 is 0. The summed E-state index contributed by atoms with van der Waals surface area (Å²) in [6, 6.07) is 0. The number of rotatable bonds is 6. The Morgan fingerprint density at radius 2 is 0.460 bits per heavy atom. The highest BCUT2D eigenvalue weighted by molar-refractivity contribution is 5.97. The Morgan fingerprint density at radius 3 is 0.810 bits per heavy atom. The molecule has 0 nitrogen and oxygen atoms in total. The molecule has 6 aromatic rings. The largest absolute Gasteiger partial charge is 0.0625 e. The van der Waals surface area contributed by atoms with Gasteiger partial charge >= 0.3 is 0 Å². The number of aryl methyl sites for hydroxylation is 4. The molecule has 0 amide bonds. The van der Waals surface area contributed by atoms with Gasteiger partial charge in [-0.15, -0.1) is 0 Å². The van der Waals surface area contributed by atoms with Crippen LogP contribution in [0.1, 0.15) is 366 Å². The molecule has 0 radical (unpaired) electrons. The normalized spacial score (nSPS) is 21.4. The molecule has 2 saturated carbocycles. The molecule has 4 aliphatic rings. The van der Waals surface area contributed by atoms with E-state index < -0.39 is 0 Å². The second-order valence-corrected chi connectivity index (χ2v) is 35.9. The maximum absolute atomic E-state index is 2.53. The van der Waals surface area contributed by atoms with E-state index in [0.29, 0.717) is 41.4 Å². The molecule has 10 rings (SSSR count). The van der Waals surface area contributed by atoms with Gasteiger partial charge in [-0.3, -0.25) is 0 Å². The van der Waals surface area contributed by atoms with Gasteiger partial charge in [-0.25, -0.2) is 0 Å². The Labute approximate surface area is 620 Å². The van der Waals surface area contributed by atoms with Gasteiger partial charge in [0, 0.05) is 11.8 Å². The quantitative estimate of drug-likeness (QED) is 0.156. The summed E-state index contributed by atoms with van der Waals surface area (Å²) in [4.78, 5) is 0. The van der Waals surface area contributed by atoms with Gasteiger partial charge in [0.15, 0.2) is 0 Å². The first-order valence-electron chi connectivity index (χ1n) is 40.2. The fourth-order valence-corrected chi connectivity index (χ4v) is 22.2. The summed E-state index contributed by atoms with van der Waals surface area (Å²) >= 11 is 0. The second kappa shape index (κ2) is 33.0. The van der Waals surface area contributed by atoms with Crippen molar-refractivity contribution in [3.63, 3.8) is 0 Å². The first-order chi connectivity index (χ1) is 45.9.